The molecular weight excluding hydrogens is 348 g/mol. The number of fused-ring (bicyclic) bond motifs is 1. The maximum atomic E-state index is 11.8. The second kappa shape index (κ2) is 7.32. The molecule has 2 aromatic carbocycles. The summed E-state index contributed by atoms with van der Waals surface area (Å²) in [7, 11) is 0. The van der Waals surface area contributed by atoms with Crippen molar-refractivity contribution in [1.82, 2.24) is 20.0 Å². The number of hydrogen-bond donors (Lipinski definition) is 2. The van der Waals surface area contributed by atoms with Crippen LogP contribution in [0.1, 0.15) is 30.4 Å². The Bertz CT molecular complexity index is 934. The van der Waals surface area contributed by atoms with Crippen molar-refractivity contribution in [2.75, 3.05) is 26.2 Å². The molecule has 3 heterocycles. The number of aromatic amines is 1. The third-order valence-electron chi connectivity index (χ3n) is 6.56. The van der Waals surface area contributed by atoms with E-state index in [9.17, 15) is 5.11 Å². The van der Waals surface area contributed by atoms with Gasteiger partial charge in [0.1, 0.15) is 5.60 Å². The summed E-state index contributed by atoms with van der Waals surface area (Å²) in [5.74, 6) is 0. The van der Waals surface area contributed by atoms with E-state index in [-0.39, 0.29) is 6.04 Å². The Morgan fingerprint density at radius 2 is 1.89 bits per heavy atom. The zero-order valence-corrected chi connectivity index (χ0v) is 16.2. The number of H-pyrrole nitrogens is 1. The molecule has 5 nitrogen and oxygen atoms in total. The predicted molar refractivity (Wildman–Crippen MR) is 111 cm³/mol. The smallest absolute Gasteiger partial charge is 0.108 e. The van der Waals surface area contributed by atoms with E-state index in [0.29, 0.717) is 0 Å². The normalized spacial score (nSPS) is 26.8. The third-order valence-corrected chi connectivity index (χ3v) is 6.56. The van der Waals surface area contributed by atoms with Crippen LogP contribution >= 0.6 is 0 Å². The van der Waals surface area contributed by atoms with Crippen LogP contribution in [0.3, 0.4) is 0 Å². The van der Waals surface area contributed by atoms with Gasteiger partial charge in [0.2, 0.25) is 0 Å². The van der Waals surface area contributed by atoms with Crippen molar-refractivity contribution in [1.29, 1.82) is 0 Å². The maximum absolute atomic E-state index is 11.8. The highest BCUT2D eigenvalue weighted by molar-refractivity contribution is 5.78. The van der Waals surface area contributed by atoms with Crippen molar-refractivity contribution in [2.45, 2.75) is 37.5 Å². The molecule has 2 fully saturated rings. The molecule has 0 unspecified atom stereocenters. The Balaban J connectivity index is 1.39. The molecule has 2 aliphatic rings. The van der Waals surface area contributed by atoms with E-state index in [0.717, 1.165) is 55.6 Å². The summed E-state index contributed by atoms with van der Waals surface area (Å²) in [5.41, 5.74) is 2.67. The molecule has 5 heteroatoms. The summed E-state index contributed by atoms with van der Waals surface area (Å²) in [6.45, 7) is 4.88. The van der Waals surface area contributed by atoms with Gasteiger partial charge in [-0.1, -0.05) is 42.5 Å². The average Bonchev–Trinajstić information content (AvgIpc) is 3.42. The number of benzene rings is 2. The fourth-order valence-corrected chi connectivity index (χ4v) is 5.00. The molecule has 0 amide bonds. The van der Waals surface area contributed by atoms with E-state index in [2.05, 4.69) is 50.3 Å². The summed E-state index contributed by atoms with van der Waals surface area (Å²) < 4.78 is 0. The van der Waals surface area contributed by atoms with Crippen LogP contribution < -0.4 is 0 Å². The van der Waals surface area contributed by atoms with Crippen LogP contribution in [-0.2, 0) is 12.1 Å². The lowest BCUT2D eigenvalue weighted by Crippen LogP contribution is -2.60. The van der Waals surface area contributed by atoms with Crippen LogP contribution in [0.4, 0.5) is 0 Å². The fourth-order valence-electron chi connectivity index (χ4n) is 5.00. The summed E-state index contributed by atoms with van der Waals surface area (Å²) in [6.07, 6.45) is 5.10. The minimum atomic E-state index is -0.768. The van der Waals surface area contributed by atoms with Crippen LogP contribution in [0.5, 0.6) is 0 Å². The molecular formula is C23H28N4O. The van der Waals surface area contributed by atoms with Gasteiger partial charge < -0.3 is 5.11 Å². The SMILES string of the molecule is O[C@]1(c2ccccc2)CCN(Cc2ccc3cn[nH]c3c2)C[C@H]1N1CCCC1. The number of aliphatic hydroxyl groups is 1. The minimum absolute atomic E-state index is 0.141. The second-order valence-electron chi connectivity index (χ2n) is 8.33. The topological polar surface area (TPSA) is 55.4 Å². The maximum Gasteiger partial charge on any atom is 0.108 e. The molecule has 0 spiro atoms. The predicted octanol–water partition coefficient (Wildman–Crippen LogP) is 3.12. The molecule has 5 rings (SSSR count). The average molecular weight is 377 g/mol. The monoisotopic (exact) mass is 376 g/mol. The van der Waals surface area contributed by atoms with E-state index < -0.39 is 5.60 Å². The van der Waals surface area contributed by atoms with Gasteiger partial charge in [0.05, 0.1) is 17.8 Å². The van der Waals surface area contributed by atoms with Crippen molar-refractivity contribution in [3.8, 4) is 0 Å². The standard InChI is InChI=1S/C23H28N4O/c28-23(20-6-2-1-3-7-20)10-13-26(17-22(23)27-11-4-5-12-27)16-18-8-9-19-15-24-25-21(19)14-18/h1-3,6-9,14-15,22,28H,4-5,10-13,16-17H2,(H,24,25)/t22-,23+/m1/s1. The number of aromatic nitrogens is 2. The molecule has 2 saturated heterocycles. The fraction of sp³-hybridized carbons (Fsp3) is 0.435. The lowest BCUT2D eigenvalue weighted by molar-refractivity contribution is -0.0959. The highest BCUT2D eigenvalue weighted by Crippen LogP contribution is 2.37. The molecule has 146 valence electrons. The van der Waals surface area contributed by atoms with Crippen LogP contribution in [-0.4, -0.2) is 57.3 Å². The lowest BCUT2D eigenvalue weighted by atomic mass is 9.79. The molecule has 2 N–H and O–H groups in total. The molecule has 28 heavy (non-hydrogen) atoms. The van der Waals surface area contributed by atoms with Crippen LogP contribution in [0.15, 0.2) is 54.7 Å². The number of nitrogens with one attached hydrogen (secondary N) is 1. The first-order chi connectivity index (χ1) is 13.7. The van der Waals surface area contributed by atoms with Crippen molar-refractivity contribution >= 4 is 10.9 Å². The highest BCUT2D eigenvalue weighted by Gasteiger charge is 2.46. The quantitative estimate of drug-likeness (QED) is 0.735. The van der Waals surface area contributed by atoms with E-state index in [1.807, 2.05) is 24.4 Å². The van der Waals surface area contributed by atoms with E-state index in [1.165, 1.54) is 18.4 Å². The van der Waals surface area contributed by atoms with Gasteiger partial charge in [-0.2, -0.15) is 5.10 Å². The first kappa shape index (κ1) is 17.9. The Morgan fingerprint density at radius 3 is 2.71 bits per heavy atom. The molecule has 1 aromatic heterocycles. The van der Waals surface area contributed by atoms with Gasteiger partial charge in [-0.15, -0.1) is 0 Å². The highest BCUT2D eigenvalue weighted by atomic mass is 16.3. The van der Waals surface area contributed by atoms with E-state index in [1.54, 1.807) is 0 Å². The van der Waals surface area contributed by atoms with Gasteiger partial charge >= 0.3 is 0 Å². The van der Waals surface area contributed by atoms with Crippen molar-refractivity contribution in [3.05, 3.63) is 65.9 Å². The zero-order chi connectivity index (χ0) is 19.0. The molecule has 2 atom stereocenters. The van der Waals surface area contributed by atoms with E-state index >= 15 is 0 Å². The summed E-state index contributed by atoms with van der Waals surface area (Å²) in [6, 6.07) is 17.0. The van der Waals surface area contributed by atoms with Gasteiger partial charge in [0, 0.05) is 25.0 Å². The molecule has 0 saturated carbocycles. The van der Waals surface area contributed by atoms with Crippen molar-refractivity contribution in [3.63, 3.8) is 0 Å². The van der Waals surface area contributed by atoms with Crippen LogP contribution in [0, 0.1) is 0 Å². The molecule has 3 aromatic rings. The van der Waals surface area contributed by atoms with Crippen molar-refractivity contribution < 1.29 is 5.11 Å². The summed E-state index contributed by atoms with van der Waals surface area (Å²) in [4.78, 5) is 5.01. The third kappa shape index (κ3) is 3.24. The van der Waals surface area contributed by atoms with E-state index in [4.69, 9.17) is 0 Å². The number of hydrogen-bond acceptors (Lipinski definition) is 4. The van der Waals surface area contributed by atoms with Crippen molar-refractivity contribution in [2.24, 2.45) is 0 Å². The second-order valence-corrected chi connectivity index (χ2v) is 8.33. The van der Waals surface area contributed by atoms with Gasteiger partial charge in [-0.3, -0.25) is 14.9 Å². The molecule has 0 bridgehead atoms. The molecule has 0 aliphatic carbocycles. The first-order valence-electron chi connectivity index (χ1n) is 10.4. The first-order valence-corrected chi connectivity index (χ1v) is 10.4. The number of rotatable bonds is 4. The van der Waals surface area contributed by atoms with Gasteiger partial charge in [0.25, 0.3) is 0 Å². The van der Waals surface area contributed by atoms with Gasteiger partial charge in [0.15, 0.2) is 0 Å². The van der Waals surface area contributed by atoms with Crippen LogP contribution in [0.2, 0.25) is 0 Å². The van der Waals surface area contributed by atoms with Crippen LogP contribution in [0.25, 0.3) is 10.9 Å². The Kier molecular flexibility index (Phi) is 4.67. The minimum Gasteiger partial charge on any atom is -0.383 e. The number of piperidine rings is 1. The summed E-state index contributed by atoms with van der Waals surface area (Å²) >= 11 is 0. The van der Waals surface area contributed by atoms with Gasteiger partial charge in [-0.25, -0.2) is 0 Å². The largest absolute Gasteiger partial charge is 0.383 e. The Hall–Kier alpha value is -2.21. The summed E-state index contributed by atoms with van der Waals surface area (Å²) in [5, 5.41) is 20.1. The lowest BCUT2D eigenvalue weighted by Gasteiger charge is -2.48. The molecule has 0 radical (unpaired) electrons. The Labute approximate surface area is 166 Å². The number of likely N-dealkylation sites (tertiary alicyclic amines) is 2. The number of nitrogens with zero attached hydrogens (tertiary/aromatic N) is 3. The Morgan fingerprint density at radius 1 is 1.07 bits per heavy atom. The zero-order valence-electron chi connectivity index (χ0n) is 16.2. The molecule has 2 aliphatic heterocycles. The van der Waals surface area contributed by atoms with Gasteiger partial charge in [-0.05, 0) is 49.5 Å².